The normalized spacial score (nSPS) is 12.0. The summed E-state index contributed by atoms with van der Waals surface area (Å²) in [5.41, 5.74) is 9.98. The maximum Gasteiger partial charge on any atom is 0.418 e. The number of rotatable bonds is 2. The quantitative estimate of drug-likeness (QED) is 0.857. The standard InChI is InChI=1S/C11H11F3N4/c12-11(13,14)7-3-1-2-6-9(7)17-8(4-5-15)18-10(6)16/h1-3H,4-5,15H2,(H2,16,17,18). The topological polar surface area (TPSA) is 77.8 Å². The molecule has 0 aliphatic carbocycles. The molecule has 18 heavy (non-hydrogen) atoms. The van der Waals surface area contributed by atoms with Gasteiger partial charge in [-0.1, -0.05) is 6.07 Å². The third-order valence-corrected chi connectivity index (χ3v) is 2.48. The van der Waals surface area contributed by atoms with Crippen LogP contribution in [0.25, 0.3) is 10.9 Å². The van der Waals surface area contributed by atoms with Gasteiger partial charge in [-0.2, -0.15) is 13.2 Å². The number of hydrogen-bond donors (Lipinski definition) is 2. The zero-order valence-electron chi connectivity index (χ0n) is 9.33. The monoisotopic (exact) mass is 256 g/mol. The van der Waals surface area contributed by atoms with Crippen molar-refractivity contribution in [2.75, 3.05) is 12.3 Å². The molecular weight excluding hydrogens is 245 g/mol. The van der Waals surface area contributed by atoms with Gasteiger partial charge in [0.2, 0.25) is 0 Å². The van der Waals surface area contributed by atoms with Gasteiger partial charge in [0, 0.05) is 11.8 Å². The SMILES string of the molecule is NCCc1nc(N)c2cccc(C(F)(F)F)c2n1. The Morgan fingerprint density at radius 1 is 1.17 bits per heavy atom. The molecule has 2 aromatic rings. The van der Waals surface area contributed by atoms with E-state index in [9.17, 15) is 13.2 Å². The number of aromatic nitrogens is 2. The van der Waals surface area contributed by atoms with Crippen LogP contribution in [0, 0.1) is 0 Å². The Morgan fingerprint density at radius 2 is 1.89 bits per heavy atom. The van der Waals surface area contributed by atoms with Crippen LogP contribution >= 0.6 is 0 Å². The minimum Gasteiger partial charge on any atom is -0.383 e. The molecule has 0 saturated heterocycles. The molecule has 0 saturated carbocycles. The van der Waals surface area contributed by atoms with Gasteiger partial charge < -0.3 is 11.5 Å². The molecule has 1 aromatic carbocycles. The minimum atomic E-state index is -4.47. The predicted octanol–water partition coefficient (Wildman–Crippen LogP) is 1.73. The smallest absolute Gasteiger partial charge is 0.383 e. The highest BCUT2D eigenvalue weighted by Gasteiger charge is 2.33. The summed E-state index contributed by atoms with van der Waals surface area (Å²) in [4.78, 5) is 7.83. The van der Waals surface area contributed by atoms with Crippen molar-refractivity contribution in [3.8, 4) is 0 Å². The molecule has 0 bridgehead atoms. The van der Waals surface area contributed by atoms with Crippen LogP contribution in [0.3, 0.4) is 0 Å². The Kier molecular flexibility index (Phi) is 3.08. The summed E-state index contributed by atoms with van der Waals surface area (Å²) in [6.45, 7) is 0.249. The summed E-state index contributed by atoms with van der Waals surface area (Å²) >= 11 is 0. The third-order valence-electron chi connectivity index (χ3n) is 2.48. The lowest BCUT2D eigenvalue weighted by Gasteiger charge is -2.11. The number of benzene rings is 1. The Balaban J connectivity index is 2.74. The second-order valence-electron chi connectivity index (χ2n) is 3.76. The molecular formula is C11H11F3N4. The van der Waals surface area contributed by atoms with Gasteiger partial charge in [-0.3, -0.25) is 0 Å². The molecule has 4 nitrogen and oxygen atoms in total. The van der Waals surface area contributed by atoms with E-state index in [0.29, 0.717) is 0 Å². The molecule has 96 valence electrons. The fraction of sp³-hybridized carbons (Fsp3) is 0.273. The summed E-state index contributed by atoms with van der Waals surface area (Å²) in [5, 5.41) is 0.200. The average Bonchev–Trinajstić information content (AvgIpc) is 2.27. The van der Waals surface area contributed by atoms with E-state index in [-0.39, 0.29) is 35.5 Å². The van der Waals surface area contributed by atoms with Crippen LogP contribution in [0.15, 0.2) is 18.2 Å². The summed E-state index contributed by atoms with van der Waals surface area (Å²) < 4.78 is 38.5. The Bertz CT molecular complexity index is 580. The molecule has 1 aromatic heterocycles. The molecule has 0 spiro atoms. The molecule has 4 N–H and O–H groups in total. The molecule has 2 rings (SSSR count). The van der Waals surface area contributed by atoms with E-state index >= 15 is 0 Å². The van der Waals surface area contributed by atoms with Crippen molar-refractivity contribution in [2.24, 2.45) is 5.73 Å². The number of alkyl halides is 3. The van der Waals surface area contributed by atoms with Crippen LogP contribution in [0.4, 0.5) is 19.0 Å². The van der Waals surface area contributed by atoms with Gasteiger partial charge in [-0.15, -0.1) is 0 Å². The van der Waals surface area contributed by atoms with Crippen molar-refractivity contribution >= 4 is 16.7 Å². The van der Waals surface area contributed by atoms with Crippen LogP contribution in [0.1, 0.15) is 11.4 Å². The fourth-order valence-corrected chi connectivity index (χ4v) is 1.69. The van der Waals surface area contributed by atoms with Gasteiger partial charge in [0.05, 0.1) is 11.1 Å². The van der Waals surface area contributed by atoms with E-state index in [0.717, 1.165) is 6.07 Å². The highest BCUT2D eigenvalue weighted by atomic mass is 19.4. The van der Waals surface area contributed by atoms with Crippen molar-refractivity contribution in [1.82, 2.24) is 9.97 Å². The number of nitrogens with two attached hydrogens (primary N) is 2. The van der Waals surface area contributed by atoms with E-state index in [1.807, 2.05) is 0 Å². The first-order valence-electron chi connectivity index (χ1n) is 5.26. The first-order chi connectivity index (χ1) is 8.43. The number of nitrogen functional groups attached to an aromatic ring is 1. The highest BCUT2D eigenvalue weighted by molar-refractivity contribution is 5.90. The minimum absolute atomic E-state index is 0.0366. The number of fused-ring (bicyclic) bond motifs is 1. The number of para-hydroxylation sites is 1. The van der Waals surface area contributed by atoms with Gasteiger partial charge in [-0.25, -0.2) is 9.97 Å². The summed E-state index contributed by atoms with van der Waals surface area (Å²) in [6, 6.07) is 3.72. The van der Waals surface area contributed by atoms with E-state index in [1.54, 1.807) is 0 Å². The van der Waals surface area contributed by atoms with Crippen LogP contribution in [-0.2, 0) is 12.6 Å². The molecule has 0 atom stereocenters. The second-order valence-corrected chi connectivity index (χ2v) is 3.76. The van der Waals surface area contributed by atoms with Gasteiger partial charge >= 0.3 is 6.18 Å². The zero-order valence-corrected chi connectivity index (χ0v) is 9.33. The maximum absolute atomic E-state index is 12.8. The van der Waals surface area contributed by atoms with Crippen LogP contribution < -0.4 is 11.5 Å². The Labute approximate surface area is 101 Å². The van der Waals surface area contributed by atoms with Crippen molar-refractivity contribution in [2.45, 2.75) is 12.6 Å². The molecule has 0 aliphatic rings. The number of hydrogen-bond acceptors (Lipinski definition) is 4. The van der Waals surface area contributed by atoms with Crippen molar-refractivity contribution in [3.63, 3.8) is 0 Å². The van der Waals surface area contributed by atoms with Crippen LogP contribution in [-0.4, -0.2) is 16.5 Å². The molecule has 7 heteroatoms. The van der Waals surface area contributed by atoms with E-state index < -0.39 is 11.7 Å². The molecule has 0 fully saturated rings. The lowest BCUT2D eigenvalue weighted by atomic mass is 10.1. The largest absolute Gasteiger partial charge is 0.418 e. The lowest BCUT2D eigenvalue weighted by molar-refractivity contribution is -0.136. The predicted molar refractivity (Wildman–Crippen MR) is 61.7 cm³/mol. The van der Waals surface area contributed by atoms with Gasteiger partial charge in [0.15, 0.2) is 0 Å². The maximum atomic E-state index is 12.8. The van der Waals surface area contributed by atoms with Crippen LogP contribution in [0.2, 0.25) is 0 Å². The third kappa shape index (κ3) is 2.21. The van der Waals surface area contributed by atoms with Crippen molar-refractivity contribution in [1.29, 1.82) is 0 Å². The molecule has 0 amide bonds. The summed E-state index contributed by atoms with van der Waals surface area (Å²) in [7, 11) is 0. The zero-order chi connectivity index (χ0) is 13.3. The summed E-state index contributed by atoms with van der Waals surface area (Å²) in [5.74, 6) is 0.258. The summed E-state index contributed by atoms with van der Waals surface area (Å²) in [6.07, 6.45) is -4.19. The molecule has 1 heterocycles. The van der Waals surface area contributed by atoms with Gasteiger partial charge in [-0.05, 0) is 18.7 Å². The number of anilines is 1. The van der Waals surface area contributed by atoms with E-state index in [1.165, 1.54) is 12.1 Å². The average molecular weight is 256 g/mol. The molecule has 0 aliphatic heterocycles. The van der Waals surface area contributed by atoms with Crippen LogP contribution in [0.5, 0.6) is 0 Å². The first-order valence-corrected chi connectivity index (χ1v) is 5.26. The first kappa shape index (κ1) is 12.6. The Morgan fingerprint density at radius 3 is 2.50 bits per heavy atom. The van der Waals surface area contributed by atoms with Gasteiger partial charge in [0.25, 0.3) is 0 Å². The second kappa shape index (κ2) is 4.41. The molecule has 0 unspecified atom stereocenters. The van der Waals surface area contributed by atoms with Crippen molar-refractivity contribution in [3.05, 3.63) is 29.6 Å². The number of nitrogens with zero attached hydrogens (tertiary/aromatic N) is 2. The van der Waals surface area contributed by atoms with Crippen molar-refractivity contribution < 1.29 is 13.2 Å². The van der Waals surface area contributed by atoms with Gasteiger partial charge in [0.1, 0.15) is 11.6 Å². The molecule has 0 radical (unpaired) electrons. The highest BCUT2D eigenvalue weighted by Crippen LogP contribution is 2.34. The fourth-order valence-electron chi connectivity index (χ4n) is 1.69. The van der Waals surface area contributed by atoms with E-state index in [4.69, 9.17) is 11.5 Å². The van der Waals surface area contributed by atoms with E-state index in [2.05, 4.69) is 9.97 Å². The Hall–Kier alpha value is -1.89. The number of halogens is 3. The lowest BCUT2D eigenvalue weighted by Crippen LogP contribution is -2.11.